The number of ether oxygens (including phenoxy) is 1. The minimum Gasteiger partial charge on any atom is -0.445 e. The molecule has 9 nitrogen and oxygen atoms in total. The lowest BCUT2D eigenvalue weighted by Crippen LogP contribution is -2.37. The van der Waals surface area contributed by atoms with Crippen molar-refractivity contribution in [3.63, 3.8) is 0 Å². The fourth-order valence-electron chi connectivity index (χ4n) is 2.01. The predicted octanol–water partition coefficient (Wildman–Crippen LogP) is -0.632. The number of hydrogen-bond acceptors (Lipinski definition) is 6. The molecule has 0 aromatic heterocycles. The third kappa shape index (κ3) is 7.02. The van der Waals surface area contributed by atoms with Crippen LogP contribution in [0.15, 0.2) is 0 Å². The lowest BCUT2D eigenvalue weighted by atomic mass is 10.4. The maximum absolute atomic E-state index is 12.1. The molecule has 136 valence electrons. The van der Waals surface area contributed by atoms with Gasteiger partial charge in [-0.2, -0.15) is 0 Å². The van der Waals surface area contributed by atoms with Gasteiger partial charge < -0.3 is 10.1 Å². The van der Waals surface area contributed by atoms with Gasteiger partial charge in [0, 0.05) is 20.1 Å². The van der Waals surface area contributed by atoms with Crippen molar-refractivity contribution < 1.29 is 26.4 Å². The standard InChI is InChI=1S/C12H25N3O6S2/c1-4-5-22(17,18)14-8-10-6-11(10)23(19,20)15-7-9(2)21-12(16)13-3/h9-11,14-15H,4-8H2,1-3H3,(H,13,16). The van der Waals surface area contributed by atoms with Crippen LogP contribution in [0, 0.1) is 5.92 Å². The highest BCUT2D eigenvalue weighted by atomic mass is 32.2. The van der Waals surface area contributed by atoms with E-state index >= 15 is 0 Å². The highest BCUT2D eigenvalue weighted by molar-refractivity contribution is 7.90. The van der Waals surface area contributed by atoms with Crippen LogP contribution in [0.3, 0.4) is 0 Å². The average Bonchev–Trinajstić information content (AvgIpc) is 3.23. The van der Waals surface area contributed by atoms with Crippen molar-refractivity contribution in [2.45, 2.75) is 38.0 Å². The van der Waals surface area contributed by atoms with Gasteiger partial charge in [0.25, 0.3) is 0 Å². The molecule has 3 unspecified atom stereocenters. The molecule has 23 heavy (non-hydrogen) atoms. The predicted molar refractivity (Wildman–Crippen MR) is 85.9 cm³/mol. The molecule has 0 radical (unpaired) electrons. The average molecular weight is 371 g/mol. The summed E-state index contributed by atoms with van der Waals surface area (Å²) in [7, 11) is -5.47. The molecular formula is C12H25N3O6S2. The van der Waals surface area contributed by atoms with E-state index in [-0.39, 0.29) is 24.8 Å². The van der Waals surface area contributed by atoms with Crippen molar-refractivity contribution in [2.24, 2.45) is 5.92 Å². The van der Waals surface area contributed by atoms with Gasteiger partial charge in [-0.3, -0.25) is 0 Å². The summed E-state index contributed by atoms with van der Waals surface area (Å²) in [4.78, 5) is 11.0. The minimum atomic E-state index is -3.55. The fraction of sp³-hybridized carbons (Fsp3) is 0.917. The highest BCUT2D eigenvalue weighted by Crippen LogP contribution is 2.36. The number of nitrogens with one attached hydrogen (secondary N) is 3. The molecular weight excluding hydrogens is 346 g/mol. The van der Waals surface area contributed by atoms with E-state index in [1.165, 1.54) is 7.05 Å². The van der Waals surface area contributed by atoms with Gasteiger partial charge in [0.1, 0.15) is 6.10 Å². The molecule has 0 heterocycles. The quantitative estimate of drug-likeness (QED) is 0.469. The summed E-state index contributed by atoms with van der Waals surface area (Å²) in [6.45, 7) is 3.43. The van der Waals surface area contributed by atoms with E-state index in [2.05, 4.69) is 14.8 Å². The van der Waals surface area contributed by atoms with Crippen LogP contribution in [0.25, 0.3) is 0 Å². The number of amides is 1. The molecule has 0 aromatic rings. The normalized spacial score (nSPS) is 22.4. The van der Waals surface area contributed by atoms with Crippen LogP contribution in [0.4, 0.5) is 4.79 Å². The molecule has 1 fully saturated rings. The number of hydrogen-bond donors (Lipinski definition) is 3. The molecule has 1 amide bonds. The van der Waals surface area contributed by atoms with Gasteiger partial charge in [0.2, 0.25) is 20.0 Å². The van der Waals surface area contributed by atoms with E-state index in [0.717, 1.165) is 0 Å². The van der Waals surface area contributed by atoms with Crippen molar-refractivity contribution in [1.29, 1.82) is 0 Å². The van der Waals surface area contributed by atoms with Gasteiger partial charge in [-0.1, -0.05) is 6.92 Å². The van der Waals surface area contributed by atoms with Crippen molar-refractivity contribution in [3.05, 3.63) is 0 Å². The van der Waals surface area contributed by atoms with E-state index in [0.29, 0.717) is 12.8 Å². The van der Waals surface area contributed by atoms with Gasteiger partial charge in [0.05, 0.1) is 11.0 Å². The van der Waals surface area contributed by atoms with Gasteiger partial charge in [-0.15, -0.1) is 0 Å². The molecule has 1 rings (SSSR count). The first-order valence-corrected chi connectivity index (χ1v) is 10.6. The van der Waals surface area contributed by atoms with Crippen LogP contribution >= 0.6 is 0 Å². The van der Waals surface area contributed by atoms with Crippen LogP contribution in [0.5, 0.6) is 0 Å². The first-order valence-electron chi connectivity index (χ1n) is 7.45. The number of alkyl carbamates (subject to hydrolysis) is 1. The Balaban J connectivity index is 2.38. The third-order valence-electron chi connectivity index (χ3n) is 3.38. The monoisotopic (exact) mass is 371 g/mol. The number of carbonyl (C=O) groups excluding carboxylic acids is 1. The molecule has 1 saturated carbocycles. The molecule has 0 aromatic carbocycles. The van der Waals surface area contributed by atoms with E-state index < -0.39 is 37.5 Å². The van der Waals surface area contributed by atoms with Crippen LogP contribution < -0.4 is 14.8 Å². The van der Waals surface area contributed by atoms with E-state index in [1.807, 2.05) is 0 Å². The molecule has 1 aliphatic rings. The Kier molecular flexibility index (Phi) is 7.24. The van der Waals surface area contributed by atoms with Crippen LogP contribution in [0.1, 0.15) is 26.7 Å². The lowest BCUT2D eigenvalue weighted by molar-refractivity contribution is 0.111. The zero-order chi connectivity index (χ0) is 17.7. The fourth-order valence-corrected chi connectivity index (χ4v) is 4.95. The first-order chi connectivity index (χ1) is 10.6. The largest absolute Gasteiger partial charge is 0.445 e. The van der Waals surface area contributed by atoms with Gasteiger partial charge in [-0.05, 0) is 25.7 Å². The first kappa shape index (κ1) is 20.1. The summed E-state index contributed by atoms with van der Waals surface area (Å²) >= 11 is 0. The topological polar surface area (TPSA) is 131 Å². The second-order valence-corrected chi connectivity index (χ2v) is 9.47. The molecule has 1 aliphatic carbocycles. The van der Waals surface area contributed by atoms with Gasteiger partial charge in [-0.25, -0.2) is 31.1 Å². The van der Waals surface area contributed by atoms with Crippen molar-refractivity contribution in [2.75, 3.05) is 25.9 Å². The molecule has 11 heteroatoms. The Morgan fingerprint density at radius 3 is 2.48 bits per heavy atom. The van der Waals surface area contributed by atoms with Gasteiger partial charge >= 0.3 is 6.09 Å². The summed E-state index contributed by atoms with van der Waals surface area (Å²) in [6.07, 6.45) is -0.322. The lowest BCUT2D eigenvalue weighted by Gasteiger charge is -2.14. The van der Waals surface area contributed by atoms with E-state index in [4.69, 9.17) is 4.74 Å². The molecule has 0 spiro atoms. The minimum absolute atomic E-state index is 0.0272. The van der Waals surface area contributed by atoms with Crippen LogP contribution in [0.2, 0.25) is 0 Å². The molecule has 0 bridgehead atoms. The summed E-state index contributed by atoms with van der Waals surface area (Å²) < 4.78 is 56.9. The zero-order valence-corrected chi connectivity index (χ0v) is 15.2. The highest BCUT2D eigenvalue weighted by Gasteiger charge is 2.47. The molecule has 3 atom stereocenters. The molecule has 0 saturated heterocycles. The second kappa shape index (κ2) is 8.27. The van der Waals surface area contributed by atoms with Crippen molar-refractivity contribution >= 4 is 26.1 Å². The Morgan fingerprint density at radius 1 is 1.26 bits per heavy atom. The van der Waals surface area contributed by atoms with Crippen LogP contribution in [-0.2, 0) is 24.8 Å². The van der Waals surface area contributed by atoms with Crippen LogP contribution in [-0.4, -0.2) is 60.2 Å². The summed E-state index contributed by atoms with van der Waals surface area (Å²) in [5, 5.41) is 1.66. The Bertz CT molecular complexity index is 604. The number of carbonyl (C=O) groups is 1. The summed E-state index contributed by atoms with van der Waals surface area (Å²) in [5.41, 5.74) is 0. The zero-order valence-electron chi connectivity index (χ0n) is 13.5. The smallest absolute Gasteiger partial charge is 0.407 e. The number of sulfonamides is 2. The molecule has 3 N–H and O–H groups in total. The van der Waals surface area contributed by atoms with E-state index in [9.17, 15) is 21.6 Å². The Hall–Kier alpha value is -0.910. The number of rotatable bonds is 10. The summed E-state index contributed by atoms with van der Waals surface area (Å²) in [5.74, 6) is -0.196. The maximum atomic E-state index is 12.1. The summed E-state index contributed by atoms with van der Waals surface area (Å²) in [6, 6.07) is 0. The van der Waals surface area contributed by atoms with E-state index in [1.54, 1.807) is 13.8 Å². The van der Waals surface area contributed by atoms with Crippen molar-refractivity contribution in [1.82, 2.24) is 14.8 Å². The SMILES string of the molecule is CCCS(=O)(=O)NCC1CC1S(=O)(=O)NCC(C)OC(=O)NC. The Morgan fingerprint density at radius 2 is 1.91 bits per heavy atom. The maximum Gasteiger partial charge on any atom is 0.407 e. The van der Waals surface area contributed by atoms with Gasteiger partial charge in [0.15, 0.2) is 0 Å². The molecule has 0 aliphatic heterocycles. The second-order valence-electron chi connectivity index (χ2n) is 5.56. The Labute approximate surface area is 137 Å². The third-order valence-corrected chi connectivity index (χ3v) is 6.87. The van der Waals surface area contributed by atoms with Crippen molar-refractivity contribution in [3.8, 4) is 0 Å².